The molecule has 84 valence electrons. The summed E-state index contributed by atoms with van der Waals surface area (Å²) < 4.78 is 13.5. The molecule has 0 fully saturated rings. The Morgan fingerprint density at radius 3 is 2.56 bits per heavy atom. The molecular weight excluding hydrogens is 205 g/mol. The van der Waals surface area contributed by atoms with Crippen molar-refractivity contribution < 1.29 is 9.18 Å². The summed E-state index contributed by atoms with van der Waals surface area (Å²) in [7, 11) is 0. The average Bonchev–Trinajstić information content (AvgIpc) is 2.26. The molecule has 2 atom stereocenters. The summed E-state index contributed by atoms with van der Waals surface area (Å²) in [5, 5.41) is 2.46. The second kappa shape index (κ2) is 5.92. The van der Waals surface area contributed by atoms with Crippen LogP contribution < -0.4 is 5.32 Å². The second-order valence-corrected chi connectivity index (χ2v) is 3.53. The van der Waals surface area contributed by atoms with E-state index in [1.165, 1.54) is 6.92 Å². The molecule has 1 amide bonds. The molecule has 0 unspecified atom stereocenters. The highest BCUT2D eigenvalue weighted by atomic mass is 19.1. The summed E-state index contributed by atoms with van der Waals surface area (Å²) >= 11 is 0. The van der Waals surface area contributed by atoms with Crippen LogP contribution in [-0.4, -0.2) is 18.1 Å². The molecule has 0 spiro atoms. The lowest BCUT2D eigenvalue weighted by atomic mass is 10.2. The van der Waals surface area contributed by atoms with Crippen LogP contribution in [0.3, 0.4) is 0 Å². The number of amides is 1. The summed E-state index contributed by atoms with van der Waals surface area (Å²) in [6.07, 6.45) is -1.36. The molecule has 0 radical (unpaired) electrons. The predicted octanol–water partition coefficient (Wildman–Crippen LogP) is 1.90. The molecule has 16 heavy (non-hydrogen) atoms. The molecule has 1 rings (SSSR count). The first-order valence-corrected chi connectivity index (χ1v) is 5.07. The van der Waals surface area contributed by atoms with E-state index < -0.39 is 12.2 Å². The lowest BCUT2D eigenvalue weighted by Crippen LogP contribution is -2.37. The van der Waals surface area contributed by atoms with E-state index in [1.54, 1.807) is 6.92 Å². The van der Waals surface area contributed by atoms with E-state index in [0.717, 1.165) is 5.56 Å². The highest BCUT2D eigenvalue weighted by Crippen LogP contribution is 1.99. The molecule has 2 nitrogen and oxygen atoms in total. The Morgan fingerprint density at radius 1 is 1.38 bits per heavy atom. The van der Waals surface area contributed by atoms with Crippen LogP contribution >= 0.6 is 0 Å². The molecule has 0 saturated heterocycles. The van der Waals surface area contributed by atoms with Crippen molar-refractivity contribution in [2.45, 2.75) is 26.1 Å². The maximum Gasteiger partial charge on any atom is 0.217 e. The monoisotopic (exact) mass is 219 g/mol. The van der Waals surface area contributed by atoms with Gasteiger partial charge in [0.25, 0.3) is 0 Å². The predicted molar refractivity (Wildman–Crippen MR) is 61.5 cm³/mol. The lowest BCUT2D eigenvalue weighted by molar-refractivity contribution is -0.119. The highest BCUT2D eigenvalue weighted by Gasteiger charge is 2.13. The van der Waals surface area contributed by atoms with E-state index in [-0.39, 0.29) is 5.91 Å². The number of alkyl halides is 1. The Kier molecular flexibility index (Phi) is 4.53. The molecule has 0 aliphatic carbocycles. The molecule has 0 saturated carbocycles. The largest absolute Gasteiger partial charge is 0.350 e. The van der Waals surface area contributed by atoms with Crippen LogP contribution in [-0.2, 0) is 4.79 Å². The van der Waals surface area contributed by atoms with Gasteiger partial charge in [-0.25, -0.2) is 4.39 Å². The number of carbonyl (C=O) groups excluding carboxylic acids is 1. The third-order valence-corrected chi connectivity index (χ3v) is 2.00. The zero-order valence-electron chi connectivity index (χ0n) is 9.33. The Labute approximate surface area is 94.9 Å². The fraction of sp³-hybridized carbons (Fsp3) is 0.308. The van der Waals surface area contributed by atoms with Gasteiger partial charge in [-0.2, -0.15) is 0 Å². The van der Waals surface area contributed by atoms with Gasteiger partial charge < -0.3 is 5.32 Å². The van der Waals surface area contributed by atoms with E-state index in [0.29, 0.717) is 0 Å². The fourth-order valence-electron chi connectivity index (χ4n) is 1.19. The summed E-state index contributed by atoms with van der Waals surface area (Å²) in [5.41, 5.74) is 0.764. The SMILES string of the molecule is CC(=O)N[C@@H](C)[C@@H](F)C#Cc1ccccc1. The number of carbonyl (C=O) groups is 1. The standard InChI is InChI=1S/C13H14FNO/c1-10(15-11(2)16)13(14)9-8-12-6-4-3-5-7-12/h3-7,10,13H,1-2H3,(H,15,16)/t10-,13-/m0/s1. The summed E-state index contributed by atoms with van der Waals surface area (Å²) in [4.78, 5) is 10.7. The molecule has 0 bridgehead atoms. The van der Waals surface area contributed by atoms with Gasteiger partial charge in [-0.15, -0.1) is 0 Å². The minimum Gasteiger partial charge on any atom is -0.350 e. The molecule has 1 aromatic rings. The first kappa shape index (κ1) is 12.3. The Balaban J connectivity index is 2.61. The van der Waals surface area contributed by atoms with Crippen molar-refractivity contribution in [3.63, 3.8) is 0 Å². The van der Waals surface area contributed by atoms with Gasteiger partial charge in [-0.3, -0.25) is 4.79 Å². The summed E-state index contributed by atoms with van der Waals surface area (Å²) in [6.45, 7) is 2.94. The van der Waals surface area contributed by atoms with Crippen LogP contribution in [0.2, 0.25) is 0 Å². The minimum absolute atomic E-state index is 0.253. The Morgan fingerprint density at radius 2 is 2.00 bits per heavy atom. The van der Waals surface area contributed by atoms with Crippen LogP contribution in [0.1, 0.15) is 19.4 Å². The number of nitrogens with one attached hydrogen (secondary N) is 1. The topological polar surface area (TPSA) is 29.1 Å². The van der Waals surface area contributed by atoms with E-state index in [9.17, 15) is 9.18 Å². The van der Waals surface area contributed by atoms with Crippen LogP contribution in [0.25, 0.3) is 0 Å². The molecule has 0 aliphatic heterocycles. The maximum absolute atomic E-state index is 13.5. The molecule has 1 N–H and O–H groups in total. The minimum atomic E-state index is -1.36. The van der Waals surface area contributed by atoms with Crippen molar-refractivity contribution in [1.29, 1.82) is 0 Å². The van der Waals surface area contributed by atoms with Gasteiger partial charge in [0.1, 0.15) is 0 Å². The summed E-state index contributed by atoms with van der Waals surface area (Å²) in [6, 6.07) is 8.58. The van der Waals surface area contributed by atoms with Crippen molar-refractivity contribution in [3.8, 4) is 11.8 Å². The van der Waals surface area contributed by atoms with Gasteiger partial charge in [0.2, 0.25) is 5.91 Å². The number of rotatable bonds is 2. The van der Waals surface area contributed by atoms with Crippen LogP contribution in [0.4, 0.5) is 4.39 Å². The molecule has 0 heterocycles. The second-order valence-electron chi connectivity index (χ2n) is 3.53. The van der Waals surface area contributed by atoms with Crippen LogP contribution in [0, 0.1) is 11.8 Å². The van der Waals surface area contributed by atoms with E-state index in [1.807, 2.05) is 30.3 Å². The van der Waals surface area contributed by atoms with Crippen LogP contribution in [0.15, 0.2) is 30.3 Å². The van der Waals surface area contributed by atoms with Crippen LogP contribution in [0.5, 0.6) is 0 Å². The summed E-state index contributed by atoms with van der Waals surface area (Å²) in [5.74, 6) is 4.94. The van der Waals surface area contributed by atoms with E-state index in [4.69, 9.17) is 0 Å². The van der Waals surface area contributed by atoms with Gasteiger partial charge >= 0.3 is 0 Å². The van der Waals surface area contributed by atoms with Crippen molar-refractivity contribution in [2.75, 3.05) is 0 Å². The number of halogens is 1. The number of benzene rings is 1. The highest BCUT2D eigenvalue weighted by molar-refractivity contribution is 5.73. The normalized spacial score (nSPS) is 13.2. The van der Waals surface area contributed by atoms with Gasteiger partial charge in [0, 0.05) is 12.5 Å². The Bertz CT molecular complexity index is 405. The third kappa shape index (κ3) is 4.14. The van der Waals surface area contributed by atoms with Gasteiger partial charge in [-0.05, 0) is 19.1 Å². The lowest BCUT2D eigenvalue weighted by Gasteiger charge is -2.12. The quantitative estimate of drug-likeness (QED) is 0.756. The van der Waals surface area contributed by atoms with Crippen molar-refractivity contribution in [3.05, 3.63) is 35.9 Å². The first-order chi connectivity index (χ1) is 7.59. The zero-order valence-corrected chi connectivity index (χ0v) is 9.33. The molecule has 0 aromatic heterocycles. The van der Waals surface area contributed by atoms with Gasteiger partial charge in [-0.1, -0.05) is 30.0 Å². The zero-order chi connectivity index (χ0) is 12.0. The first-order valence-electron chi connectivity index (χ1n) is 5.07. The number of hydrogen-bond acceptors (Lipinski definition) is 1. The van der Waals surface area contributed by atoms with E-state index in [2.05, 4.69) is 17.2 Å². The molecule has 0 aliphatic rings. The third-order valence-electron chi connectivity index (χ3n) is 2.00. The average molecular weight is 219 g/mol. The van der Waals surface area contributed by atoms with Gasteiger partial charge in [0.05, 0.1) is 6.04 Å². The maximum atomic E-state index is 13.5. The Hall–Kier alpha value is -1.82. The molecular formula is C13H14FNO. The van der Waals surface area contributed by atoms with Crippen molar-refractivity contribution in [2.24, 2.45) is 0 Å². The smallest absolute Gasteiger partial charge is 0.217 e. The van der Waals surface area contributed by atoms with Crippen molar-refractivity contribution >= 4 is 5.91 Å². The number of hydrogen-bond donors (Lipinski definition) is 1. The van der Waals surface area contributed by atoms with Crippen molar-refractivity contribution in [1.82, 2.24) is 5.32 Å². The fourth-order valence-corrected chi connectivity index (χ4v) is 1.19. The molecule has 3 heteroatoms. The van der Waals surface area contributed by atoms with E-state index >= 15 is 0 Å². The molecule has 1 aromatic carbocycles. The van der Waals surface area contributed by atoms with Gasteiger partial charge in [0.15, 0.2) is 6.17 Å².